The van der Waals surface area contributed by atoms with E-state index in [0.29, 0.717) is 18.1 Å². The Bertz CT molecular complexity index is 1650. The molecule has 1 saturated heterocycles. The van der Waals surface area contributed by atoms with Crippen LogP contribution in [0.15, 0.2) is 56.7 Å². The van der Waals surface area contributed by atoms with Crippen LogP contribution in [-0.2, 0) is 22.7 Å². The summed E-state index contributed by atoms with van der Waals surface area (Å²) in [5.74, 6) is -2.69. The van der Waals surface area contributed by atoms with Crippen LogP contribution in [-0.4, -0.2) is 61.1 Å². The number of carbonyl (C=O) groups is 1. The largest absolute Gasteiger partial charge is 0.477 e. The normalized spacial score (nSPS) is 15.2. The van der Waals surface area contributed by atoms with E-state index < -0.39 is 55.4 Å². The zero-order valence-electron chi connectivity index (χ0n) is 20.4. The summed E-state index contributed by atoms with van der Waals surface area (Å²) < 4.78 is 85.2. The maximum atomic E-state index is 15.1. The molecule has 3 N–H and O–H groups in total. The van der Waals surface area contributed by atoms with Crippen LogP contribution in [0.25, 0.3) is 10.9 Å². The van der Waals surface area contributed by atoms with Crippen molar-refractivity contribution in [2.75, 3.05) is 31.1 Å². The zero-order valence-corrected chi connectivity index (χ0v) is 21.3. The minimum atomic E-state index is -4.92. The molecule has 4 rings (SSSR count). The van der Waals surface area contributed by atoms with Crippen molar-refractivity contribution in [2.45, 2.75) is 24.5 Å². The quantitative estimate of drug-likeness (QED) is 0.272. The molecule has 0 unspecified atom stereocenters. The Balaban J connectivity index is 1.59. The predicted molar refractivity (Wildman–Crippen MR) is 135 cm³/mol. The summed E-state index contributed by atoms with van der Waals surface area (Å²) in [6.07, 6.45) is -3.72. The van der Waals surface area contributed by atoms with E-state index in [1.807, 2.05) is 0 Å². The molecule has 39 heavy (non-hydrogen) atoms. The van der Waals surface area contributed by atoms with E-state index in [9.17, 15) is 36.3 Å². The average Bonchev–Trinajstić information content (AvgIpc) is 2.88. The first kappa shape index (κ1) is 27.9. The molecular formula is C24H23F4N5O5S. The van der Waals surface area contributed by atoms with Gasteiger partial charge in [-0.15, -0.1) is 4.40 Å². The van der Waals surface area contributed by atoms with Gasteiger partial charge in [0.15, 0.2) is 0 Å². The van der Waals surface area contributed by atoms with Gasteiger partial charge in [0.2, 0.25) is 11.4 Å². The van der Waals surface area contributed by atoms with Gasteiger partial charge in [-0.05, 0) is 31.2 Å². The van der Waals surface area contributed by atoms with Crippen LogP contribution in [0.3, 0.4) is 0 Å². The fraction of sp³-hybridized carbons (Fsp3) is 0.292. The van der Waals surface area contributed by atoms with Gasteiger partial charge in [-0.25, -0.2) is 9.18 Å². The Kier molecular flexibility index (Phi) is 7.29. The third-order valence-corrected chi connectivity index (χ3v) is 7.69. The number of hydrogen-bond donors (Lipinski definition) is 2. The average molecular weight is 570 g/mol. The summed E-state index contributed by atoms with van der Waals surface area (Å²) in [6.45, 7) is 2.47. The number of aromatic nitrogens is 1. The van der Waals surface area contributed by atoms with Gasteiger partial charge >= 0.3 is 12.1 Å². The second-order valence-corrected chi connectivity index (χ2v) is 10.2. The molecule has 208 valence electrons. The van der Waals surface area contributed by atoms with E-state index >= 15 is 4.39 Å². The third-order valence-electron chi connectivity index (χ3n) is 6.35. The third kappa shape index (κ3) is 5.39. The minimum Gasteiger partial charge on any atom is -0.477 e. The highest BCUT2D eigenvalue weighted by atomic mass is 32.2. The van der Waals surface area contributed by atoms with E-state index in [0.717, 1.165) is 24.3 Å². The SMILES string of the molecule is CCn1cc(C(=O)O)c(=O)c2cc(F)c(N3CCN(/C(N)=N/S(=O)(=O)c4ccccc4C(F)(F)F)CC3)cc21. The molecule has 0 atom stereocenters. The van der Waals surface area contributed by atoms with Crippen LogP contribution in [0.2, 0.25) is 0 Å². The van der Waals surface area contributed by atoms with Crippen molar-refractivity contribution < 1.29 is 35.9 Å². The highest BCUT2D eigenvalue weighted by Gasteiger charge is 2.37. The van der Waals surface area contributed by atoms with Gasteiger partial charge < -0.3 is 25.2 Å². The number of fused-ring (bicyclic) bond motifs is 1. The first-order valence-corrected chi connectivity index (χ1v) is 13.0. The van der Waals surface area contributed by atoms with Gasteiger partial charge in [-0.1, -0.05) is 12.1 Å². The molecule has 0 bridgehead atoms. The van der Waals surface area contributed by atoms with Gasteiger partial charge in [0.05, 0.1) is 16.8 Å². The predicted octanol–water partition coefficient (Wildman–Crippen LogP) is 2.70. The second-order valence-electron chi connectivity index (χ2n) is 8.68. The van der Waals surface area contributed by atoms with Gasteiger partial charge in [-0.3, -0.25) is 4.79 Å². The molecular weight excluding hydrogens is 546 g/mol. The van der Waals surface area contributed by atoms with Crippen molar-refractivity contribution in [3.05, 3.63) is 69.8 Å². The maximum absolute atomic E-state index is 15.1. The molecule has 1 fully saturated rings. The van der Waals surface area contributed by atoms with Gasteiger partial charge in [0.25, 0.3) is 10.0 Å². The van der Waals surface area contributed by atoms with Crippen molar-refractivity contribution in [1.29, 1.82) is 0 Å². The number of aromatic carboxylic acids is 1. The topological polar surface area (TPSA) is 138 Å². The number of benzene rings is 2. The Morgan fingerprint density at radius 2 is 1.77 bits per heavy atom. The lowest BCUT2D eigenvalue weighted by Crippen LogP contribution is -2.51. The standard InChI is InChI=1S/C24H23F4N5O5S/c1-2-31-13-15(22(35)36)21(34)14-11-17(25)19(12-18(14)31)32-7-9-33(10-8-32)23(29)30-39(37,38)20-6-4-3-5-16(20)24(26,27)28/h3-6,11-13H,2,7-10H2,1H3,(H2,29,30)(H,35,36). The van der Waals surface area contributed by atoms with E-state index in [1.54, 1.807) is 11.8 Å². The van der Waals surface area contributed by atoms with Crippen molar-refractivity contribution in [2.24, 2.45) is 10.1 Å². The fourth-order valence-corrected chi connectivity index (χ4v) is 5.56. The molecule has 15 heteroatoms. The number of halogens is 4. The van der Waals surface area contributed by atoms with Crippen molar-refractivity contribution in [3.8, 4) is 0 Å². The molecule has 2 aromatic carbocycles. The number of alkyl halides is 3. The monoisotopic (exact) mass is 569 g/mol. The molecule has 1 aliphatic heterocycles. The molecule has 1 aliphatic rings. The number of guanidine groups is 1. The highest BCUT2D eigenvalue weighted by molar-refractivity contribution is 7.90. The summed E-state index contributed by atoms with van der Waals surface area (Å²) in [6, 6.07) is 6.06. The molecule has 10 nitrogen and oxygen atoms in total. The fourth-order valence-electron chi connectivity index (χ4n) is 4.39. The number of pyridine rings is 1. The highest BCUT2D eigenvalue weighted by Crippen LogP contribution is 2.34. The van der Waals surface area contributed by atoms with Crippen LogP contribution in [0.1, 0.15) is 22.8 Å². The van der Waals surface area contributed by atoms with E-state index in [2.05, 4.69) is 4.40 Å². The molecule has 0 radical (unpaired) electrons. The maximum Gasteiger partial charge on any atom is 0.417 e. The lowest BCUT2D eigenvalue weighted by molar-refractivity contribution is -0.139. The lowest BCUT2D eigenvalue weighted by atomic mass is 10.1. The smallest absolute Gasteiger partial charge is 0.417 e. The molecule has 0 spiro atoms. The second kappa shape index (κ2) is 10.2. The van der Waals surface area contributed by atoms with Crippen LogP contribution in [0.4, 0.5) is 23.2 Å². The lowest BCUT2D eigenvalue weighted by Gasteiger charge is -2.36. The number of nitrogens with zero attached hydrogens (tertiary/aromatic N) is 4. The molecule has 0 aliphatic carbocycles. The number of carboxylic acids is 1. The molecule has 3 aromatic rings. The van der Waals surface area contributed by atoms with Crippen LogP contribution < -0.4 is 16.1 Å². The summed E-state index contributed by atoms with van der Waals surface area (Å²) in [5, 5.41) is 9.21. The summed E-state index contributed by atoms with van der Waals surface area (Å²) in [5.41, 5.74) is 3.67. The number of hydrogen-bond acceptors (Lipinski definition) is 5. The number of sulfonamides is 1. The van der Waals surface area contributed by atoms with Crippen molar-refractivity contribution in [1.82, 2.24) is 9.47 Å². The number of nitrogens with two attached hydrogens (primary N) is 1. The molecule has 0 amide bonds. The summed E-state index contributed by atoms with van der Waals surface area (Å²) in [4.78, 5) is 25.9. The Morgan fingerprint density at radius 3 is 2.36 bits per heavy atom. The van der Waals surface area contributed by atoms with E-state index in [4.69, 9.17) is 5.73 Å². The number of piperazine rings is 1. The zero-order chi connectivity index (χ0) is 28.7. The van der Waals surface area contributed by atoms with Crippen molar-refractivity contribution >= 4 is 38.5 Å². The van der Waals surface area contributed by atoms with Crippen molar-refractivity contribution in [3.63, 3.8) is 0 Å². The van der Waals surface area contributed by atoms with Gasteiger partial charge in [-0.2, -0.15) is 21.6 Å². The number of aryl methyl sites for hydroxylation is 1. The van der Waals surface area contributed by atoms with Crippen LogP contribution >= 0.6 is 0 Å². The number of carboxylic acid groups (broad SMARTS) is 1. The number of anilines is 1. The molecule has 0 saturated carbocycles. The first-order valence-electron chi connectivity index (χ1n) is 11.6. The minimum absolute atomic E-state index is 0.0712. The van der Waals surface area contributed by atoms with Gasteiger partial charge in [0, 0.05) is 44.3 Å². The van der Waals surface area contributed by atoms with Crippen LogP contribution in [0.5, 0.6) is 0 Å². The van der Waals surface area contributed by atoms with Crippen LogP contribution in [0, 0.1) is 5.82 Å². The summed E-state index contributed by atoms with van der Waals surface area (Å²) in [7, 11) is -4.79. The Labute approximate surface area is 219 Å². The van der Waals surface area contributed by atoms with E-state index in [1.165, 1.54) is 21.7 Å². The first-order chi connectivity index (χ1) is 18.2. The Morgan fingerprint density at radius 1 is 1.13 bits per heavy atom. The number of rotatable bonds is 5. The van der Waals surface area contributed by atoms with E-state index in [-0.39, 0.29) is 37.3 Å². The summed E-state index contributed by atoms with van der Waals surface area (Å²) >= 11 is 0. The Hall–Kier alpha value is -4.14. The molecule has 2 heterocycles. The molecule has 1 aromatic heterocycles. The van der Waals surface area contributed by atoms with Gasteiger partial charge in [0.1, 0.15) is 16.3 Å².